The molecule has 1 N–H and O–H groups in total. The lowest BCUT2D eigenvalue weighted by atomic mass is 10.1. The van der Waals surface area contributed by atoms with E-state index in [2.05, 4.69) is 50.4 Å². The molecular formula is C14H23NOS. The third kappa shape index (κ3) is 6.71. The fourth-order valence-corrected chi connectivity index (χ4v) is 2.13. The molecule has 0 spiro atoms. The van der Waals surface area contributed by atoms with E-state index in [1.807, 2.05) is 11.8 Å². The third-order valence-electron chi connectivity index (χ3n) is 2.30. The van der Waals surface area contributed by atoms with Crippen LogP contribution in [-0.2, 0) is 11.3 Å². The Kier molecular flexibility index (Phi) is 6.03. The van der Waals surface area contributed by atoms with Crippen molar-refractivity contribution in [3.8, 4) is 0 Å². The van der Waals surface area contributed by atoms with Crippen LogP contribution in [-0.4, -0.2) is 25.0 Å². The van der Waals surface area contributed by atoms with Crippen molar-refractivity contribution < 1.29 is 4.74 Å². The Labute approximate surface area is 109 Å². The van der Waals surface area contributed by atoms with Crippen LogP contribution in [0.2, 0.25) is 0 Å². The number of hydrogen-bond donors (Lipinski definition) is 1. The monoisotopic (exact) mass is 253 g/mol. The minimum atomic E-state index is 0.173. The average Bonchev–Trinajstić information content (AvgIpc) is 2.27. The Balaban J connectivity index is 2.39. The zero-order chi connectivity index (χ0) is 12.7. The molecule has 3 heteroatoms. The molecule has 1 rings (SSSR count). The topological polar surface area (TPSA) is 21.3 Å². The van der Waals surface area contributed by atoms with Crippen LogP contribution in [0.1, 0.15) is 26.3 Å². The summed E-state index contributed by atoms with van der Waals surface area (Å²) in [6, 6.07) is 8.74. The number of thioether (sulfide) groups is 1. The van der Waals surface area contributed by atoms with Gasteiger partial charge in [0.1, 0.15) is 0 Å². The fraction of sp³-hybridized carbons (Fsp3) is 0.571. The summed E-state index contributed by atoms with van der Waals surface area (Å²) in [5, 5.41) is 3.48. The highest BCUT2D eigenvalue weighted by atomic mass is 32.2. The lowest BCUT2D eigenvalue weighted by molar-refractivity contribution is 0.218. The van der Waals surface area contributed by atoms with Crippen LogP contribution >= 0.6 is 11.8 Å². The number of nitrogens with one attached hydrogen (secondary N) is 1. The van der Waals surface area contributed by atoms with Gasteiger partial charge < -0.3 is 10.1 Å². The molecule has 0 radical (unpaired) electrons. The highest BCUT2D eigenvalue weighted by molar-refractivity contribution is 7.99. The number of benzene rings is 1. The first-order valence-corrected chi connectivity index (χ1v) is 6.95. The molecule has 0 saturated heterocycles. The van der Waals surface area contributed by atoms with Crippen LogP contribution in [0.4, 0.5) is 0 Å². The average molecular weight is 253 g/mol. The first-order chi connectivity index (χ1) is 8.01. The van der Waals surface area contributed by atoms with Gasteiger partial charge in [-0.3, -0.25) is 0 Å². The second kappa shape index (κ2) is 7.04. The van der Waals surface area contributed by atoms with E-state index in [4.69, 9.17) is 4.74 Å². The molecule has 0 bridgehead atoms. The largest absolute Gasteiger partial charge is 0.384 e. The summed E-state index contributed by atoms with van der Waals surface area (Å²) in [5.41, 5.74) is 1.50. The van der Waals surface area contributed by atoms with Gasteiger partial charge in [0.05, 0.1) is 6.61 Å². The van der Waals surface area contributed by atoms with Crippen LogP contribution < -0.4 is 5.32 Å². The van der Waals surface area contributed by atoms with Crippen molar-refractivity contribution in [3.63, 3.8) is 0 Å². The molecule has 2 nitrogen and oxygen atoms in total. The van der Waals surface area contributed by atoms with E-state index in [-0.39, 0.29) is 5.54 Å². The number of ether oxygens (including phenoxy) is 1. The Morgan fingerprint density at radius 2 is 1.82 bits per heavy atom. The Morgan fingerprint density at radius 1 is 1.18 bits per heavy atom. The standard InChI is InChI=1S/C14H23NOS/c1-14(2,3)15-11-12-5-7-13(8-6-12)17-10-9-16-4/h5-8,15H,9-11H2,1-4H3. The first-order valence-electron chi connectivity index (χ1n) is 5.97. The molecular weight excluding hydrogens is 230 g/mol. The lowest BCUT2D eigenvalue weighted by Gasteiger charge is -2.20. The first kappa shape index (κ1) is 14.6. The van der Waals surface area contributed by atoms with Crippen molar-refractivity contribution in [1.82, 2.24) is 5.32 Å². The molecule has 17 heavy (non-hydrogen) atoms. The number of rotatable bonds is 6. The summed E-state index contributed by atoms with van der Waals surface area (Å²) >= 11 is 1.83. The van der Waals surface area contributed by atoms with Crippen LogP contribution in [0.15, 0.2) is 29.2 Å². The van der Waals surface area contributed by atoms with Crippen molar-refractivity contribution in [3.05, 3.63) is 29.8 Å². The van der Waals surface area contributed by atoms with Crippen molar-refractivity contribution in [1.29, 1.82) is 0 Å². The zero-order valence-electron chi connectivity index (χ0n) is 11.2. The van der Waals surface area contributed by atoms with E-state index in [0.29, 0.717) is 0 Å². The van der Waals surface area contributed by atoms with E-state index in [1.165, 1.54) is 10.5 Å². The summed E-state index contributed by atoms with van der Waals surface area (Å²) < 4.78 is 5.03. The third-order valence-corrected chi connectivity index (χ3v) is 3.28. The second-order valence-corrected chi connectivity index (χ2v) is 6.26. The molecule has 0 aliphatic rings. The van der Waals surface area contributed by atoms with Crippen molar-refractivity contribution in [2.45, 2.75) is 37.8 Å². The van der Waals surface area contributed by atoms with E-state index in [1.54, 1.807) is 7.11 Å². The fourth-order valence-electron chi connectivity index (χ4n) is 1.31. The summed E-state index contributed by atoms with van der Waals surface area (Å²) in [7, 11) is 1.74. The SMILES string of the molecule is COCCSc1ccc(CNC(C)(C)C)cc1. The quantitative estimate of drug-likeness (QED) is 0.621. The van der Waals surface area contributed by atoms with Gasteiger partial charge >= 0.3 is 0 Å². The normalized spacial score (nSPS) is 11.8. The summed E-state index contributed by atoms with van der Waals surface area (Å²) in [5.74, 6) is 1.01. The van der Waals surface area contributed by atoms with E-state index in [0.717, 1.165) is 18.9 Å². The zero-order valence-corrected chi connectivity index (χ0v) is 12.1. The van der Waals surface area contributed by atoms with Gasteiger partial charge in [-0.25, -0.2) is 0 Å². The molecule has 0 amide bonds. The molecule has 96 valence electrons. The van der Waals surface area contributed by atoms with Crippen LogP contribution in [0.5, 0.6) is 0 Å². The maximum absolute atomic E-state index is 5.03. The Hall–Kier alpha value is -0.510. The maximum Gasteiger partial charge on any atom is 0.0556 e. The summed E-state index contributed by atoms with van der Waals surface area (Å²) in [6.07, 6.45) is 0. The lowest BCUT2D eigenvalue weighted by Crippen LogP contribution is -2.35. The molecule has 0 aliphatic carbocycles. The highest BCUT2D eigenvalue weighted by Gasteiger charge is 2.07. The molecule has 0 aliphatic heterocycles. The number of hydrogen-bond acceptors (Lipinski definition) is 3. The van der Waals surface area contributed by atoms with E-state index >= 15 is 0 Å². The van der Waals surface area contributed by atoms with E-state index < -0.39 is 0 Å². The van der Waals surface area contributed by atoms with Gasteiger partial charge in [-0.15, -0.1) is 11.8 Å². The predicted molar refractivity (Wildman–Crippen MR) is 75.6 cm³/mol. The van der Waals surface area contributed by atoms with Crippen molar-refractivity contribution >= 4 is 11.8 Å². The number of methoxy groups -OCH3 is 1. The van der Waals surface area contributed by atoms with Gasteiger partial charge in [-0.05, 0) is 38.5 Å². The van der Waals surface area contributed by atoms with Gasteiger partial charge in [0.25, 0.3) is 0 Å². The van der Waals surface area contributed by atoms with E-state index in [9.17, 15) is 0 Å². The molecule has 1 aromatic carbocycles. The molecule has 0 heterocycles. The highest BCUT2D eigenvalue weighted by Crippen LogP contribution is 2.18. The Bertz CT molecular complexity index is 316. The molecule has 0 aromatic heterocycles. The van der Waals surface area contributed by atoms with Gasteiger partial charge in [0.2, 0.25) is 0 Å². The second-order valence-electron chi connectivity index (χ2n) is 5.09. The predicted octanol–water partition coefficient (Wildman–Crippen LogP) is 3.31. The molecule has 0 fully saturated rings. The minimum Gasteiger partial charge on any atom is -0.384 e. The maximum atomic E-state index is 5.03. The molecule has 1 aromatic rings. The molecule has 0 unspecified atom stereocenters. The van der Waals surface area contributed by atoms with Gasteiger partial charge in [-0.2, -0.15) is 0 Å². The van der Waals surface area contributed by atoms with Gasteiger partial charge in [0, 0.05) is 29.8 Å². The molecule has 0 saturated carbocycles. The summed E-state index contributed by atoms with van der Waals surface area (Å²) in [4.78, 5) is 1.31. The van der Waals surface area contributed by atoms with Crippen LogP contribution in [0.3, 0.4) is 0 Å². The van der Waals surface area contributed by atoms with Crippen LogP contribution in [0.25, 0.3) is 0 Å². The van der Waals surface area contributed by atoms with Gasteiger partial charge in [0.15, 0.2) is 0 Å². The van der Waals surface area contributed by atoms with Crippen molar-refractivity contribution in [2.24, 2.45) is 0 Å². The smallest absolute Gasteiger partial charge is 0.0556 e. The van der Waals surface area contributed by atoms with Crippen LogP contribution in [0, 0.1) is 0 Å². The van der Waals surface area contributed by atoms with Gasteiger partial charge in [-0.1, -0.05) is 12.1 Å². The van der Waals surface area contributed by atoms with Crippen molar-refractivity contribution in [2.75, 3.05) is 19.5 Å². The molecule has 0 atom stereocenters. The minimum absolute atomic E-state index is 0.173. The summed E-state index contributed by atoms with van der Waals surface area (Å²) in [6.45, 7) is 8.27. The Morgan fingerprint density at radius 3 is 2.35 bits per heavy atom.